The summed E-state index contributed by atoms with van der Waals surface area (Å²) >= 11 is 0. The molecule has 0 aliphatic heterocycles. The number of rotatable bonds is 6. The molecule has 0 spiro atoms. The van der Waals surface area contributed by atoms with Crippen molar-refractivity contribution >= 4 is 5.52 Å². The molecule has 5 rings (SSSR count). The van der Waals surface area contributed by atoms with Gasteiger partial charge in [-0.05, 0) is 80.4 Å². The van der Waals surface area contributed by atoms with E-state index < -0.39 is 0 Å². The minimum Gasteiger partial charge on any atom is -0.497 e. The van der Waals surface area contributed by atoms with Gasteiger partial charge in [0.15, 0.2) is 11.2 Å². The van der Waals surface area contributed by atoms with Crippen molar-refractivity contribution in [1.29, 1.82) is 0 Å². The van der Waals surface area contributed by atoms with E-state index >= 15 is 0 Å². The van der Waals surface area contributed by atoms with E-state index in [0.29, 0.717) is 0 Å². The maximum absolute atomic E-state index is 5.76. The fourth-order valence-electron chi connectivity index (χ4n) is 5.20. The number of ether oxygens (including phenoxy) is 3. The summed E-state index contributed by atoms with van der Waals surface area (Å²) in [6.45, 7) is 6.49. The summed E-state index contributed by atoms with van der Waals surface area (Å²) in [4.78, 5) is 0. The molecule has 0 atom stereocenters. The van der Waals surface area contributed by atoms with Gasteiger partial charge in [-0.1, -0.05) is 29.8 Å². The Morgan fingerprint density at radius 3 is 1.89 bits per heavy atom. The Bertz CT molecular complexity index is 1520. The Kier molecular flexibility index (Phi) is 6.15. The van der Waals surface area contributed by atoms with E-state index in [-0.39, 0.29) is 0 Å². The molecule has 2 aromatic heterocycles. The third-order valence-corrected chi connectivity index (χ3v) is 6.67. The van der Waals surface area contributed by atoms with Gasteiger partial charge in [-0.3, -0.25) is 0 Å². The Balaban J connectivity index is 1.89. The molecule has 3 aromatic carbocycles. The molecule has 0 saturated carbocycles. The average Bonchev–Trinajstić information content (AvgIpc) is 3.26. The maximum atomic E-state index is 5.76. The van der Waals surface area contributed by atoms with E-state index in [2.05, 4.69) is 78.5 Å². The normalized spacial score (nSPS) is 11.1. The van der Waals surface area contributed by atoms with Crippen LogP contribution < -0.4 is 18.8 Å². The second kappa shape index (κ2) is 9.42. The van der Waals surface area contributed by atoms with Crippen LogP contribution in [0.4, 0.5) is 0 Å². The van der Waals surface area contributed by atoms with Gasteiger partial charge in [-0.15, -0.1) is 0 Å². The summed E-state index contributed by atoms with van der Waals surface area (Å²) in [5.41, 5.74) is 10.0. The Labute approximate surface area is 212 Å². The molecule has 0 amide bonds. The van der Waals surface area contributed by atoms with Crippen molar-refractivity contribution in [3.63, 3.8) is 0 Å². The highest BCUT2D eigenvalue weighted by Crippen LogP contribution is 2.39. The topological polar surface area (TPSA) is 36.0 Å². The number of pyridine rings is 1. The van der Waals surface area contributed by atoms with Crippen LogP contribution in [0.3, 0.4) is 0 Å². The quantitative estimate of drug-likeness (QED) is 0.261. The van der Waals surface area contributed by atoms with Crippen molar-refractivity contribution < 1.29 is 18.8 Å². The predicted molar refractivity (Wildman–Crippen MR) is 144 cm³/mol. The van der Waals surface area contributed by atoms with Gasteiger partial charge in [-0.25, -0.2) is 0 Å². The van der Waals surface area contributed by atoms with Crippen LogP contribution in [0.5, 0.6) is 17.2 Å². The Morgan fingerprint density at radius 2 is 1.31 bits per heavy atom. The molecule has 0 bridgehead atoms. The van der Waals surface area contributed by atoms with Crippen molar-refractivity contribution in [2.45, 2.75) is 20.8 Å². The van der Waals surface area contributed by atoms with E-state index in [1.54, 1.807) is 21.3 Å². The van der Waals surface area contributed by atoms with Gasteiger partial charge < -0.3 is 14.2 Å². The fraction of sp³-hybridized carbons (Fsp3) is 0.194. The molecule has 0 N–H and O–H groups in total. The maximum Gasteiger partial charge on any atom is 0.255 e. The highest BCUT2D eigenvalue weighted by Gasteiger charge is 2.27. The Hall–Kier alpha value is -4.25. The smallest absolute Gasteiger partial charge is 0.255 e. The van der Waals surface area contributed by atoms with Crippen molar-refractivity contribution in [1.82, 2.24) is 4.40 Å². The molecule has 0 unspecified atom stereocenters. The van der Waals surface area contributed by atoms with Crippen molar-refractivity contribution in [3.8, 4) is 45.5 Å². The number of aromatic nitrogens is 2. The summed E-state index contributed by atoms with van der Waals surface area (Å²) in [6, 6.07) is 24.9. The number of aryl methyl sites for hydroxylation is 3. The third-order valence-electron chi connectivity index (χ3n) is 6.67. The van der Waals surface area contributed by atoms with Gasteiger partial charge in [0.1, 0.15) is 34.2 Å². The summed E-state index contributed by atoms with van der Waals surface area (Å²) in [7, 11) is 5.07. The van der Waals surface area contributed by atoms with Gasteiger partial charge in [-0.2, -0.15) is 8.97 Å². The summed E-state index contributed by atoms with van der Waals surface area (Å²) in [6.07, 6.45) is 2.17. The van der Waals surface area contributed by atoms with E-state index in [1.807, 2.05) is 30.3 Å². The number of hydrogen-bond acceptors (Lipinski definition) is 3. The molecule has 36 heavy (non-hydrogen) atoms. The van der Waals surface area contributed by atoms with Crippen molar-refractivity contribution in [2.75, 3.05) is 21.3 Å². The number of fused-ring (bicyclic) bond motifs is 1. The fourth-order valence-corrected chi connectivity index (χ4v) is 5.20. The molecule has 5 heteroatoms. The molecule has 0 aliphatic rings. The van der Waals surface area contributed by atoms with Gasteiger partial charge >= 0.3 is 0 Å². The van der Waals surface area contributed by atoms with Crippen LogP contribution >= 0.6 is 0 Å². The lowest BCUT2D eigenvalue weighted by atomic mass is 10.0. The minimum atomic E-state index is 0.760. The standard InChI is InChI=1S/C31H31N2O3/c1-20-17-21(2)30(22(3)18-20)33-19-32-25(29-27(35-5)11-8-12-28(29)36-6)9-7-10-26(32)31(33)23-13-15-24(34-4)16-14-23/h7-19H,1-6H3/q+1. The molecular formula is C31H31N2O3+. The number of nitrogens with zero attached hydrogens (tertiary/aromatic N) is 2. The molecule has 0 radical (unpaired) electrons. The van der Waals surface area contributed by atoms with Gasteiger partial charge in [0.2, 0.25) is 0 Å². The minimum absolute atomic E-state index is 0.760. The second-order valence-electron chi connectivity index (χ2n) is 9.01. The van der Waals surface area contributed by atoms with Crippen LogP contribution in [0.15, 0.2) is 79.1 Å². The van der Waals surface area contributed by atoms with E-state index in [1.165, 1.54) is 22.4 Å². The molecule has 182 valence electrons. The lowest BCUT2D eigenvalue weighted by Gasteiger charge is -2.12. The zero-order chi connectivity index (χ0) is 25.4. The van der Waals surface area contributed by atoms with E-state index in [0.717, 1.165) is 45.3 Å². The molecular weight excluding hydrogens is 448 g/mol. The first kappa shape index (κ1) is 23.5. The predicted octanol–water partition coefficient (Wildman–Crippen LogP) is 6.50. The van der Waals surface area contributed by atoms with E-state index in [4.69, 9.17) is 14.2 Å². The number of benzene rings is 3. The first-order valence-electron chi connectivity index (χ1n) is 12.0. The monoisotopic (exact) mass is 479 g/mol. The van der Waals surface area contributed by atoms with Crippen molar-refractivity contribution in [3.05, 3.63) is 95.8 Å². The number of imidazole rings is 1. The molecule has 0 fully saturated rings. The molecule has 0 saturated heterocycles. The first-order chi connectivity index (χ1) is 17.5. The van der Waals surface area contributed by atoms with Gasteiger partial charge in [0.25, 0.3) is 6.33 Å². The van der Waals surface area contributed by atoms with Crippen LogP contribution in [-0.2, 0) is 0 Å². The number of methoxy groups -OCH3 is 3. The number of hydrogen-bond donors (Lipinski definition) is 0. The summed E-state index contributed by atoms with van der Waals surface area (Å²) in [5.74, 6) is 2.35. The largest absolute Gasteiger partial charge is 0.497 e. The summed E-state index contributed by atoms with van der Waals surface area (Å²) < 4.78 is 21.5. The molecule has 5 nitrogen and oxygen atoms in total. The van der Waals surface area contributed by atoms with E-state index in [9.17, 15) is 0 Å². The molecule has 0 aliphatic carbocycles. The first-order valence-corrected chi connectivity index (χ1v) is 12.0. The van der Waals surface area contributed by atoms with Gasteiger partial charge in [0, 0.05) is 5.56 Å². The SMILES string of the molecule is COc1ccc(-c2c3cccc(-c4c(OC)cccc4OC)n3c[n+]2-c2c(C)cc(C)cc2C)cc1. The Morgan fingerprint density at radius 1 is 0.694 bits per heavy atom. The third kappa shape index (κ3) is 3.87. The molecule has 2 heterocycles. The zero-order valence-electron chi connectivity index (χ0n) is 21.6. The van der Waals surface area contributed by atoms with Crippen molar-refractivity contribution in [2.24, 2.45) is 0 Å². The lowest BCUT2D eigenvalue weighted by Crippen LogP contribution is -2.33. The second-order valence-corrected chi connectivity index (χ2v) is 9.01. The molecule has 5 aromatic rings. The van der Waals surface area contributed by atoms with Crippen LogP contribution in [0.2, 0.25) is 0 Å². The average molecular weight is 480 g/mol. The highest BCUT2D eigenvalue weighted by molar-refractivity contribution is 5.81. The summed E-state index contributed by atoms with van der Waals surface area (Å²) in [5, 5.41) is 0. The zero-order valence-corrected chi connectivity index (χ0v) is 21.6. The highest BCUT2D eigenvalue weighted by atomic mass is 16.5. The van der Waals surface area contributed by atoms with Crippen LogP contribution in [0.1, 0.15) is 16.7 Å². The lowest BCUT2D eigenvalue weighted by molar-refractivity contribution is -0.583. The van der Waals surface area contributed by atoms with Gasteiger partial charge in [0.05, 0.1) is 21.3 Å². The van der Waals surface area contributed by atoms with Crippen LogP contribution in [0.25, 0.3) is 33.7 Å². The van der Waals surface area contributed by atoms with Crippen LogP contribution in [0, 0.1) is 20.8 Å². The van der Waals surface area contributed by atoms with Crippen LogP contribution in [-0.4, -0.2) is 25.7 Å².